The van der Waals surface area contributed by atoms with Gasteiger partial charge in [-0.15, -0.1) is 0 Å². The Labute approximate surface area is 178 Å². The molecule has 1 aromatic heterocycles. The van der Waals surface area contributed by atoms with E-state index in [-0.39, 0.29) is 12.1 Å². The first-order valence-electron chi connectivity index (χ1n) is 10.1. The Balaban J connectivity index is 1.69. The Morgan fingerprint density at radius 1 is 0.967 bits per heavy atom. The maximum Gasteiger partial charge on any atom is 0.243 e. The van der Waals surface area contributed by atoms with E-state index in [1.54, 1.807) is 12.1 Å². The van der Waals surface area contributed by atoms with Gasteiger partial charge in [-0.1, -0.05) is 61.5 Å². The highest BCUT2D eigenvalue weighted by Crippen LogP contribution is 2.23. The number of benzene rings is 2. The van der Waals surface area contributed by atoms with Gasteiger partial charge in [0.2, 0.25) is 21.7 Å². The molecule has 3 rings (SSSR count). The van der Waals surface area contributed by atoms with E-state index >= 15 is 0 Å². The summed E-state index contributed by atoms with van der Waals surface area (Å²) in [6.45, 7) is 8.54. The van der Waals surface area contributed by atoms with Gasteiger partial charge < -0.3 is 4.52 Å². The smallest absolute Gasteiger partial charge is 0.243 e. The molecule has 0 aliphatic heterocycles. The zero-order chi connectivity index (χ0) is 21.7. The van der Waals surface area contributed by atoms with Crippen LogP contribution in [0, 0.1) is 0 Å². The average molecular weight is 429 g/mol. The van der Waals surface area contributed by atoms with Crippen molar-refractivity contribution in [2.45, 2.75) is 44.7 Å². The lowest BCUT2D eigenvalue weighted by atomic mass is 10.1. The van der Waals surface area contributed by atoms with Crippen LogP contribution in [-0.4, -0.2) is 36.0 Å². The standard InChI is InChI=1S/C22H28N4O3S/c1-5-26(6-2)30(27,28)20-14-12-18(13-15-20)16(3)23-17(4)22-24-21(25-29-22)19-10-8-7-9-11-19/h7-17,23H,5-6H2,1-4H3. The number of nitrogens with one attached hydrogen (secondary N) is 1. The van der Waals surface area contributed by atoms with Crippen molar-refractivity contribution in [1.29, 1.82) is 0 Å². The molecule has 8 heteroatoms. The first-order chi connectivity index (χ1) is 14.4. The van der Waals surface area contributed by atoms with Crippen molar-refractivity contribution < 1.29 is 12.9 Å². The zero-order valence-corrected chi connectivity index (χ0v) is 18.6. The summed E-state index contributed by atoms with van der Waals surface area (Å²) in [6, 6.07) is 16.5. The number of rotatable bonds is 9. The predicted octanol–water partition coefficient (Wildman–Crippen LogP) is 4.18. The minimum absolute atomic E-state index is 0.0303. The summed E-state index contributed by atoms with van der Waals surface area (Å²) in [5, 5.41) is 7.49. The first-order valence-corrected chi connectivity index (χ1v) is 11.6. The van der Waals surface area contributed by atoms with Gasteiger partial charge in [-0.25, -0.2) is 8.42 Å². The van der Waals surface area contributed by atoms with Crippen LogP contribution in [0.4, 0.5) is 0 Å². The highest BCUT2D eigenvalue weighted by atomic mass is 32.2. The summed E-state index contributed by atoms with van der Waals surface area (Å²) < 4.78 is 32.2. The lowest BCUT2D eigenvalue weighted by molar-refractivity contribution is 0.328. The van der Waals surface area contributed by atoms with Crippen LogP contribution >= 0.6 is 0 Å². The van der Waals surface area contributed by atoms with Crippen molar-refractivity contribution in [3.8, 4) is 11.4 Å². The van der Waals surface area contributed by atoms with Crippen molar-refractivity contribution in [2.75, 3.05) is 13.1 Å². The van der Waals surface area contributed by atoms with Crippen LogP contribution in [0.2, 0.25) is 0 Å². The second kappa shape index (κ2) is 9.51. The van der Waals surface area contributed by atoms with Crippen LogP contribution < -0.4 is 5.32 Å². The Bertz CT molecular complexity index is 1050. The Hall–Kier alpha value is -2.55. The summed E-state index contributed by atoms with van der Waals surface area (Å²) >= 11 is 0. The number of aromatic nitrogens is 2. The first kappa shape index (κ1) is 22.1. The molecule has 0 aliphatic rings. The van der Waals surface area contributed by atoms with E-state index in [1.807, 2.05) is 70.2 Å². The molecule has 0 aliphatic carbocycles. The molecule has 3 aromatic rings. The van der Waals surface area contributed by atoms with E-state index in [9.17, 15) is 8.42 Å². The molecule has 2 unspecified atom stereocenters. The lowest BCUT2D eigenvalue weighted by Gasteiger charge is -2.20. The maximum absolute atomic E-state index is 12.6. The molecule has 0 amide bonds. The van der Waals surface area contributed by atoms with Gasteiger partial charge in [0.1, 0.15) is 0 Å². The van der Waals surface area contributed by atoms with Crippen molar-refractivity contribution in [1.82, 2.24) is 19.8 Å². The van der Waals surface area contributed by atoms with E-state index in [2.05, 4.69) is 15.5 Å². The van der Waals surface area contributed by atoms with Gasteiger partial charge in [-0.3, -0.25) is 5.32 Å². The van der Waals surface area contributed by atoms with Crippen LogP contribution in [0.3, 0.4) is 0 Å². The van der Waals surface area contributed by atoms with Gasteiger partial charge in [0.15, 0.2) is 0 Å². The summed E-state index contributed by atoms with van der Waals surface area (Å²) in [5.41, 5.74) is 1.88. The third-order valence-electron chi connectivity index (χ3n) is 5.07. The fraction of sp³-hybridized carbons (Fsp3) is 0.364. The van der Waals surface area contributed by atoms with Crippen molar-refractivity contribution in [2.24, 2.45) is 0 Å². The third kappa shape index (κ3) is 4.77. The second-order valence-corrected chi connectivity index (χ2v) is 9.03. The molecule has 0 radical (unpaired) electrons. The molecule has 30 heavy (non-hydrogen) atoms. The minimum atomic E-state index is -3.45. The van der Waals surface area contributed by atoms with E-state index < -0.39 is 10.0 Å². The quantitative estimate of drug-likeness (QED) is 0.550. The highest BCUT2D eigenvalue weighted by molar-refractivity contribution is 7.89. The monoisotopic (exact) mass is 428 g/mol. The van der Waals surface area contributed by atoms with Gasteiger partial charge in [-0.05, 0) is 31.5 Å². The maximum atomic E-state index is 12.6. The SMILES string of the molecule is CCN(CC)S(=O)(=O)c1ccc(C(C)NC(C)c2nc(-c3ccccc3)no2)cc1. The molecule has 0 fully saturated rings. The summed E-state index contributed by atoms with van der Waals surface area (Å²) in [4.78, 5) is 4.79. The van der Waals surface area contributed by atoms with Gasteiger partial charge >= 0.3 is 0 Å². The molecule has 0 saturated carbocycles. The average Bonchev–Trinajstić information content (AvgIpc) is 3.25. The normalized spacial score (nSPS) is 14.0. The molecular formula is C22H28N4O3S. The fourth-order valence-electron chi connectivity index (χ4n) is 3.30. The van der Waals surface area contributed by atoms with Crippen LogP contribution in [-0.2, 0) is 10.0 Å². The molecule has 0 saturated heterocycles. The molecular weight excluding hydrogens is 400 g/mol. The van der Waals surface area contributed by atoms with Gasteiger partial charge in [-0.2, -0.15) is 9.29 Å². The summed E-state index contributed by atoms with van der Waals surface area (Å²) in [5.74, 6) is 1.05. The fourth-order valence-corrected chi connectivity index (χ4v) is 4.76. The molecule has 1 heterocycles. The molecule has 160 valence electrons. The van der Waals surface area contributed by atoms with Crippen LogP contribution in [0.1, 0.15) is 51.2 Å². The van der Waals surface area contributed by atoms with Crippen LogP contribution in [0.25, 0.3) is 11.4 Å². The topological polar surface area (TPSA) is 88.3 Å². The highest BCUT2D eigenvalue weighted by Gasteiger charge is 2.22. The molecule has 0 spiro atoms. The molecule has 1 N–H and O–H groups in total. The molecule has 2 atom stereocenters. The van der Waals surface area contributed by atoms with E-state index in [0.717, 1.165) is 11.1 Å². The van der Waals surface area contributed by atoms with E-state index in [4.69, 9.17) is 4.52 Å². The number of sulfonamides is 1. The van der Waals surface area contributed by atoms with Crippen molar-refractivity contribution in [3.05, 3.63) is 66.1 Å². The Morgan fingerprint density at radius 2 is 1.60 bits per heavy atom. The van der Waals surface area contributed by atoms with Crippen LogP contribution in [0.5, 0.6) is 0 Å². The largest absolute Gasteiger partial charge is 0.337 e. The lowest BCUT2D eigenvalue weighted by Crippen LogP contribution is -2.30. The summed E-state index contributed by atoms with van der Waals surface area (Å²) in [6.07, 6.45) is 0. The third-order valence-corrected chi connectivity index (χ3v) is 7.13. The van der Waals surface area contributed by atoms with Gasteiger partial charge in [0, 0.05) is 24.7 Å². The second-order valence-electron chi connectivity index (χ2n) is 7.09. The minimum Gasteiger partial charge on any atom is -0.337 e. The summed E-state index contributed by atoms with van der Waals surface area (Å²) in [7, 11) is -3.45. The molecule has 0 bridgehead atoms. The van der Waals surface area contributed by atoms with E-state index in [1.165, 1.54) is 4.31 Å². The van der Waals surface area contributed by atoms with Crippen molar-refractivity contribution >= 4 is 10.0 Å². The number of nitrogens with zero attached hydrogens (tertiary/aromatic N) is 3. The van der Waals surface area contributed by atoms with Crippen molar-refractivity contribution in [3.63, 3.8) is 0 Å². The molecule has 2 aromatic carbocycles. The zero-order valence-electron chi connectivity index (χ0n) is 17.7. The Morgan fingerprint density at radius 3 is 2.20 bits per heavy atom. The Kier molecular flexibility index (Phi) is 7.02. The molecule has 7 nitrogen and oxygen atoms in total. The van der Waals surface area contributed by atoms with Gasteiger partial charge in [0.25, 0.3) is 0 Å². The number of hydrogen-bond donors (Lipinski definition) is 1. The predicted molar refractivity (Wildman–Crippen MR) is 116 cm³/mol. The van der Waals surface area contributed by atoms with Gasteiger partial charge in [0.05, 0.1) is 10.9 Å². The van der Waals surface area contributed by atoms with E-state index in [0.29, 0.717) is 29.7 Å². The number of hydrogen-bond acceptors (Lipinski definition) is 6. The van der Waals surface area contributed by atoms with Crippen LogP contribution in [0.15, 0.2) is 64.0 Å².